The Morgan fingerprint density at radius 1 is 1.50 bits per heavy atom. The monoisotopic (exact) mass is 162 g/mol. The first-order valence-electron chi connectivity index (χ1n) is 4.01. The molecular formula is C10H14N2. The molecule has 0 unspecified atom stereocenters. The zero-order valence-electron chi connectivity index (χ0n) is 7.76. The minimum absolute atomic E-state index is 0.929. The number of nitrogens with zero attached hydrogens (tertiary/aromatic N) is 1. The molecule has 0 saturated carbocycles. The lowest BCUT2D eigenvalue weighted by Crippen LogP contribution is -1.94. The van der Waals surface area contributed by atoms with Gasteiger partial charge in [-0.15, -0.1) is 0 Å². The molecule has 0 aliphatic rings. The van der Waals surface area contributed by atoms with Gasteiger partial charge in [-0.1, -0.05) is 11.6 Å². The summed E-state index contributed by atoms with van der Waals surface area (Å²) in [6.07, 6.45) is 3.90. The first-order chi connectivity index (χ1) is 5.74. The van der Waals surface area contributed by atoms with Crippen molar-refractivity contribution in [1.82, 2.24) is 4.98 Å². The molecule has 0 amide bonds. The molecule has 2 heteroatoms. The van der Waals surface area contributed by atoms with Gasteiger partial charge in [0.15, 0.2) is 0 Å². The summed E-state index contributed by atoms with van der Waals surface area (Å²) < 4.78 is 0. The number of allylic oxidation sites excluding steroid dienone is 1. The Kier molecular flexibility index (Phi) is 2.86. The Morgan fingerprint density at radius 3 is 2.83 bits per heavy atom. The lowest BCUT2D eigenvalue weighted by atomic mass is 10.2. The van der Waals surface area contributed by atoms with Crippen LogP contribution in [0.2, 0.25) is 0 Å². The fraction of sp³-hybridized carbons (Fsp3) is 0.300. The third kappa shape index (κ3) is 2.09. The Hall–Kier alpha value is -1.31. The van der Waals surface area contributed by atoms with Crippen molar-refractivity contribution in [2.24, 2.45) is 0 Å². The highest BCUT2D eigenvalue weighted by atomic mass is 14.9. The van der Waals surface area contributed by atoms with Gasteiger partial charge in [-0.25, -0.2) is 4.98 Å². The topological polar surface area (TPSA) is 24.9 Å². The van der Waals surface area contributed by atoms with E-state index in [1.54, 1.807) is 6.20 Å². The van der Waals surface area contributed by atoms with Crippen molar-refractivity contribution in [3.8, 4) is 0 Å². The second-order valence-electron chi connectivity index (χ2n) is 2.91. The number of nitrogens with one attached hydrogen (secondary N) is 1. The molecule has 0 spiro atoms. The molecule has 0 aromatic carbocycles. The van der Waals surface area contributed by atoms with Crippen LogP contribution in [0.3, 0.4) is 0 Å². The van der Waals surface area contributed by atoms with Crippen molar-refractivity contribution in [2.75, 3.05) is 12.4 Å². The van der Waals surface area contributed by atoms with E-state index in [-0.39, 0.29) is 0 Å². The summed E-state index contributed by atoms with van der Waals surface area (Å²) in [4.78, 5) is 4.19. The number of rotatable bonds is 2. The van der Waals surface area contributed by atoms with Gasteiger partial charge >= 0.3 is 0 Å². The Labute approximate surface area is 73.3 Å². The summed E-state index contributed by atoms with van der Waals surface area (Å²) in [6, 6.07) is 3.99. The summed E-state index contributed by atoms with van der Waals surface area (Å²) in [5.41, 5.74) is 2.42. The lowest BCUT2D eigenvalue weighted by molar-refractivity contribution is 1.27. The molecule has 64 valence electrons. The maximum Gasteiger partial charge on any atom is 0.132 e. The maximum absolute atomic E-state index is 4.19. The molecule has 1 aromatic rings. The molecule has 12 heavy (non-hydrogen) atoms. The number of hydrogen-bond donors (Lipinski definition) is 1. The first kappa shape index (κ1) is 8.78. The van der Waals surface area contributed by atoms with Gasteiger partial charge in [-0.3, -0.25) is 0 Å². The van der Waals surface area contributed by atoms with Crippen LogP contribution in [0.25, 0.3) is 6.08 Å². The Bertz CT molecular complexity index is 286. The van der Waals surface area contributed by atoms with Gasteiger partial charge in [0.25, 0.3) is 0 Å². The second kappa shape index (κ2) is 3.90. The van der Waals surface area contributed by atoms with Gasteiger partial charge in [0.05, 0.1) is 0 Å². The van der Waals surface area contributed by atoms with Gasteiger partial charge in [-0.05, 0) is 26.0 Å². The lowest BCUT2D eigenvalue weighted by Gasteiger charge is -2.02. The van der Waals surface area contributed by atoms with Crippen molar-refractivity contribution < 1.29 is 0 Å². The largest absolute Gasteiger partial charge is 0.373 e. The third-order valence-corrected chi connectivity index (χ3v) is 1.52. The van der Waals surface area contributed by atoms with Crippen molar-refractivity contribution in [3.63, 3.8) is 0 Å². The Morgan fingerprint density at radius 2 is 2.25 bits per heavy atom. The van der Waals surface area contributed by atoms with E-state index in [9.17, 15) is 0 Å². The van der Waals surface area contributed by atoms with Gasteiger partial charge in [-0.2, -0.15) is 0 Å². The fourth-order valence-corrected chi connectivity index (χ4v) is 1.05. The summed E-state index contributed by atoms with van der Waals surface area (Å²) in [5.74, 6) is 0.929. The van der Waals surface area contributed by atoms with Crippen molar-refractivity contribution in [2.45, 2.75) is 13.8 Å². The molecule has 0 bridgehead atoms. The predicted molar refractivity (Wildman–Crippen MR) is 53.1 cm³/mol. The molecule has 0 fully saturated rings. The summed E-state index contributed by atoms with van der Waals surface area (Å²) in [5, 5.41) is 3.05. The van der Waals surface area contributed by atoms with Crippen LogP contribution in [0.4, 0.5) is 5.82 Å². The zero-order chi connectivity index (χ0) is 8.97. The molecule has 2 nitrogen and oxygen atoms in total. The summed E-state index contributed by atoms with van der Waals surface area (Å²) in [6.45, 7) is 4.15. The predicted octanol–water partition coefficient (Wildman–Crippen LogP) is 2.55. The van der Waals surface area contributed by atoms with Crippen LogP contribution in [0.1, 0.15) is 19.4 Å². The molecule has 0 radical (unpaired) electrons. The van der Waals surface area contributed by atoms with Crippen LogP contribution >= 0.6 is 0 Å². The average molecular weight is 162 g/mol. The highest BCUT2D eigenvalue weighted by molar-refractivity contribution is 5.63. The molecule has 1 N–H and O–H groups in total. The molecule has 1 rings (SSSR count). The SMILES string of the molecule is CNc1ncccc1C=C(C)C. The van der Waals surface area contributed by atoms with Crippen LogP contribution in [0.5, 0.6) is 0 Å². The number of pyridine rings is 1. The normalized spacial score (nSPS) is 9.25. The molecule has 0 saturated heterocycles. The summed E-state index contributed by atoms with van der Waals surface area (Å²) in [7, 11) is 1.88. The number of aromatic nitrogens is 1. The van der Waals surface area contributed by atoms with E-state index < -0.39 is 0 Å². The smallest absolute Gasteiger partial charge is 0.132 e. The second-order valence-corrected chi connectivity index (χ2v) is 2.91. The van der Waals surface area contributed by atoms with E-state index in [0.29, 0.717) is 0 Å². The minimum Gasteiger partial charge on any atom is -0.373 e. The highest BCUT2D eigenvalue weighted by Gasteiger charge is 1.95. The van der Waals surface area contributed by atoms with Crippen LogP contribution < -0.4 is 5.32 Å². The quantitative estimate of drug-likeness (QED) is 0.722. The van der Waals surface area contributed by atoms with Crippen LogP contribution in [-0.2, 0) is 0 Å². The first-order valence-corrected chi connectivity index (χ1v) is 4.01. The van der Waals surface area contributed by atoms with Crippen LogP contribution in [-0.4, -0.2) is 12.0 Å². The zero-order valence-corrected chi connectivity index (χ0v) is 7.76. The molecule has 0 aliphatic carbocycles. The molecule has 0 atom stereocenters. The molecule has 1 aromatic heterocycles. The van der Waals surface area contributed by atoms with Gasteiger partial charge in [0, 0.05) is 18.8 Å². The van der Waals surface area contributed by atoms with Gasteiger partial charge in [0.1, 0.15) is 5.82 Å². The van der Waals surface area contributed by atoms with Crippen LogP contribution in [0, 0.1) is 0 Å². The summed E-state index contributed by atoms with van der Waals surface area (Å²) >= 11 is 0. The molecule has 0 aliphatic heterocycles. The van der Waals surface area contributed by atoms with Crippen molar-refractivity contribution >= 4 is 11.9 Å². The van der Waals surface area contributed by atoms with Crippen molar-refractivity contribution in [1.29, 1.82) is 0 Å². The van der Waals surface area contributed by atoms with E-state index in [2.05, 4.69) is 30.2 Å². The maximum atomic E-state index is 4.19. The van der Waals surface area contributed by atoms with E-state index in [0.717, 1.165) is 11.4 Å². The number of anilines is 1. The van der Waals surface area contributed by atoms with Crippen LogP contribution in [0.15, 0.2) is 23.9 Å². The fourth-order valence-electron chi connectivity index (χ4n) is 1.05. The minimum atomic E-state index is 0.929. The highest BCUT2D eigenvalue weighted by Crippen LogP contribution is 2.13. The van der Waals surface area contributed by atoms with Gasteiger partial charge < -0.3 is 5.32 Å². The third-order valence-electron chi connectivity index (χ3n) is 1.52. The Balaban J connectivity index is 3.05. The molecule has 1 heterocycles. The van der Waals surface area contributed by atoms with E-state index in [4.69, 9.17) is 0 Å². The molecular weight excluding hydrogens is 148 g/mol. The standard InChI is InChI=1S/C10H14N2/c1-8(2)7-9-5-4-6-12-10(9)11-3/h4-7H,1-3H3,(H,11,12). The van der Waals surface area contributed by atoms with E-state index in [1.807, 2.05) is 19.2 Å². The van der Waals surface area contributed by atoms with E-state index >= 15 is 0 Å². The number of hydrogen-bond acceptors (Lipinski definition) is 2. The van der Waals surface area contributed by atoms with E-state index in [1.165, 1.54) is 5.57 Å². The van der Waals surface area contributed by atoms with Crippen molar-refractivity contribution in [3.05, 3.63) is 29.5 Å². The van der Waals surface area contributed by atoms with Gasteiger partial charge in [0.2, 0.25) is 0 Å². The average Bonchev–Trinajstić information content (AvgIpc) is 2.04.